The lowest BCUT2D eigenvalue weighted by atomic mass is 10.0. The molecule has 0 spiro atoms. The number of ketones is 1. The molecule has 1 atom stereocenters. The van der Waals surface area contributed by atoms with Gasteiger partial charge in [0.05, 0.1) is 13.2 Å². The first kappa shape index (κ1) is 27.4. The monoisotopic (exact) mass is 527 g/mol. The van der Waals surface area contributed by atoms with Crippen LogP contribution >= 0.6 is 0 Å². The van der Waals surface area contributed by atoms with Crippen LogP contribution < -0.4 is 20.1 Å². The van der Waals surface area contributed by atoms with Gasteiger partial charge in [-0.3, -0.25) is 14.4 Å². The number of hydrogen-bond acceptors (Lipinski definition) is 5. The Morgan fingerprint density at radius 2 is 1.64 bits per heavy atom. The second-order valence-electron chi connectivity index (χ2n) is 9.31. The molecule has 0 aliphatic heterocycles. The highest BCUT2D eigenvalue weighted by molar-refractivity contribution is 5.94. The van der Waals surface area contributed by atoms with E-state index in [1.54, 1.807) is 31.4 Å². The number of nitrogens with one attached hydrogen (secondary N) is 3. The number of Topliss-reactive ketones (excluding diaryl/α,β-unsaturated/α-hetero) is 1. The number of rotatable bonds is 13. The van der Waals surface area contributed by atoms with Crippen molar-refractivity contribution in [1.29, 1.82) is 0 Å². The molecule has 4 aromatic rings. The largest absolute Gasteiger partial charge is 0.496 e. The van der Waals surface area contributed by atoms with Crippen molar-refractivity contribution in [2.45, 2.75) is 32.2 Å². The van der Waals surface area contributed by atoms with Gasteiger partial charge in [-0.2, -0.15) is 0 Å². The van der Waals surface area contributed by atoms with Gasteiger partial charge in [-0.25, -0.2) is 0 Å². The minimum absolute atomic E-state index is 0.0376. The van der Waals surface area contributed by atoms with Gasteiger partial charge in [0, 0.05) is 35.6 Å². The molecular weight excluding hydrogens is 494 g/mol. The summed E-state index contributed by atoms with van der Waals surface area (Å²) < 4.78 is 11.0. The fraction of sp³-hybridized carbons (Fsp3) is 0.258. The quantitative estimate of drug-likeness (QED) is 0.226. The maximum atomic E-state index is 12.8. The molecular formula is C31H33N3O5. The number of para-hydroxylation sites is 2. The lowest BCUT2D eigenvalue weighted by molar-refractivity contribution is -0.125. The zero-order chi connectivity index (χ0) is 27.6. The fourth-order valence-corrected chi connectivity index (χ4v) is 4.43. The molecule has 0 aliphatic rings. The summed E-state index contributed by atoms with van der Waals surface area (Å²) in [5, 5.41) is 7.04. The number of benzene rings is 3. The lowest BCUT2D eigenvalue weighted by Gasteiger charge is -2.20. The van der Waals surface area contributed by atoms with E-state index in [9.17, 15) is 14.4 Å². The Kier molecular flexibility index (Phi) is 9.34. The summed E-state index contributed by atoms with van der Waals surface area (Å²) in [7, 11) is 1.61. The summed E-state index contributed by atoms with van der Waals surface area (Å²) in [5.74, 6) is 0.794. The second kappa shape index (κ2) is 13.3. The summed E-state index contributed by atoms with van der Waals surface area (Å²) in [6.45, 7) is 1.57. The summed E-state index contributed by atoms with van der Waals surface area (Å²) in [6, 6.07) is 21.9. The topological polar surface area (TPSA) is 110 Å². The highest BCUT2D eigenvalue weighted by Crippen LogP contribution is 2.20. The summed E-state index contributed by atoms with van der Waals surface area (Å²) in [4.78, 5) is 40.2. The van der Waals surface area contributed by atoms with Gasteiger partial charge in [0.2, 0.25) is 5.91 Å². The Bertz CT molecular complexity index is 1430. The van der Waals surface area contributed by atoms with Gasteiger partial charge in [0.25, 0.3) is 5.91 Å². The number of aryl methyl sites for hydroxylation is 1. The van der Waals surface area contributed by atoms with Crippen LogP contribution in [0.3, 0.4) is 0 Å². The number of carbonyl (C=O) groups is 3. The van der Waals surface area contributed by atoms with E-state index in [0.29, 0.717) is 30.6 Å². The molecule has 0 unspecified atom stereocenters. The number of methoxy groups -OCH3 is 1. The van der Waals surface area contributed by atoms with Crippen molar-refractivity contribution in [2.24, 2.45) is 0 Å². The molecule has 1 aromatic heterocycles. The molecule has 39 heavy (non-hydrogen) atoms. The van der Waals surface area contributed by atoms with Crippen LogP contribution in [0.1, 0.15) is 34.8 Å². The number of aromatic nitrogens is 1. The SMILES string of the molecule is COc1ccccc1CCC(=O)NC[C@@H](Cc1c[nH]c2ccccc12)NC(=O)COc1ccc(C(C)=O)cc1. The number of aromatic amines is 1. The molecule has 0 bridgehead atoms. The Hall–Kier alpha value is -4.59. The van der Waals surface area contributed by atoms with E-state index in [1.165, 1.54) is 6.92 Å². The molecule has 0 fully saturated rings. The molecule has 8 nitrogen and oxygen atoms in total. The molecule has 4 rings (SSSR count). The first-order valence-corrected chi connectivity index (χ1v) is 12.9. The van der Waals surface area contributed by atoms with Crippen molar-refractivity contribution in [2.75, 3.05) is 20.3 Å². The third-order valence-corrected chi connectivity index (χ3v) is 6.50. The molecule has 202 valence electrons. The third kappa shape index (κ3) is 7.70. The van der Waals surface area contributed by atoms with Crippen LogP contribution in [-0.2, 0) is 22.4 Å². The average Bonchev–Trinajstić information content (AvgIpc) is 3.36. The van der Waals surface area contributed by atoms with E-state index in [-0.39, 0.29) is 36.8 Å². The normalized spacial score (nSPS) is 11.5. The Labute approximate surface area is 227 Å². The predicted molar refractivity (Wildman–Crippen MR) is 150 cm³/mol. The standard InChI is InChI=1S/C31H33N3O5/c1-21(35)22-11-14-26(15-12-22)39-20-31(37)34-25(17-24-18-32-28-9-5-4-8-27(24)28)19-33-30(36)16-13-23-7-3-6-10-29(23)38-2/h3-12,14-15,18,25,32H,13,16-17,19-20H2,1-2H3,(H,33,36)(H,34,37)/t25-/m1/s1. The van der Waals surface area contributed by atoms with Crippen LogP contribution in [0.5, 0.6) is 11.5 Å². The maximum Gasteiger partial charge on any atom is 0.258 e. The fourth-order valence-electron chi connectivity index (χ4n) is 4.43. The Balaban J connectivity index is 1.36. The average molecular weight is 528 g/mol. The van der Waals surface area contributed by atoms with E-state index in [2.05, 4.69) is 15.6 Å². The van der Waals surface area contributed by atoms with Crippen LogP contribution in [0.2, 0.25) is 0 Å². The number of fused-ring (bicyclic) bond motifs is 1. The summed E-state index contributed by atoms with van der Waals surface area (Å²) in [6.07, 6.45) is 3.30. The van der Waals surface area contributed by atoms with Gasteiger partial charge in [0.1, 0.15) is 11.5 Å². The van der Waals surface area contributed by atoms with Crippen LogP contribution in [0.4, 0.5) is 0 Å². The first-order valence-electron chi connectivity index (χ1n) is 12.9. The summed E-state index contributed by atoms with van der Waals surface area (Å²) in [5.41, 5.74) is 3.59. The molecule has 1 heterocycles. The van der Waals surface area contributed by atoms with E-state index in [0.717, 1.165) is 27.8 Å². The van der Waals surface area contributed by atoms with Crippen molar-refractivity contribution in [3.8, 4) is 11.5 Å². The first-order chi connectivity index (χ1) is 18.9. The van der Waals surface area contributed by atoms with E-state index in [4.69, 9.17) is 9.47 Å². The van der Waals surface area contributed by atoms with Crippen LogP contribution in [0.15, 0.2) is 79.0 Å². The van der Waals surface area contributed by atoms with Gasteiger partial charge >= 0.3 is 0 Å². The van der Waals surface area contributed by atoms with Gasteiger partial charge in [-0.05, 0) is 67.3 Å². The van der Waals surface area contributed by atoms with Crippen molar-refractivity contribution >= 4 is 28.5 Å². The van der Waals surface area contributed by atoms with Crippen molar-refractivity contribution in [3.05, 3.63) is 95.7 Å². The van der Waals surface area contributed by atoms with E-state index in [1.807, 2.05) is 54.7 Å². The second-order valence-corrected chi connectivity index (χ2v) is 9.31. The number of ether oxygens (including phenoxy) is 2. The minimum Gasteiger partial charge on any atom is -0.496 e. The van der Waals surface area contributed by atoms with Crippen LogP contribution in [0, 0.1) is 0 Å². The lowest BCUT2D eigenvalue weighted by Crippen LogP contribution is -2.46. The van der Waals surface area contributed by atoms with Crippen molar-refractivity contribution < 1.29 is 23.9 Å². The molecule has 0 radical (unpaired) electrons. The highest BCUT2D eigenvalue weighted by Gasteiger charge is 2.17. The van der Waals surface area contributed by atoms with Crippen LogP contribution in [0.25, 0.3) is 10.9 Å². The van der Waals surface area contributed by atoms with Gasteiger partial charge < -0.3 is 25.1 Å². The zero-order valence-corrected chi connectivity index (χ0v) is 22.2. The van der Waals surface area contributed by atoms with Gasteiger partial charge in [-0.15, -0.1) is 0 Å². The van der Waals surface area contributed by atoms with Crippen LogP contribution in [-0.4, -0.2) is 48.9 Å². The third-order valence-electron chi connectivity index (χ3n) is 6.50. The number of H-pyrrole nitrogens is 1. The minimum atomic E-state index is -0.351. The molecule has 0 saturated heterocycles. The van der Waals surface area contributed by atoms with Gasteiger partial charge in [0.15, 0.2) is 12.4 Å². The molecule has 3 aromatic carbocycles. The number of hydrogen-bond donors (Lipinski definition) is 3. The van der Waals surface area contributed by atoms with E-state index < -0.39 is 0 Å². The Morgan fingerprint density at radius 3 is 2.41 bits per heavy atom. The maximum absolute atomic E-state index is 12.8. The predicted octanol–water partition coefficient (Wildman–Crippen LogP) is 4.23. The van der Waals surface area contributed by atoms with Crippen molar-refractivity contribution in [3.63, 3.8) is 0 Å². The highest BCUT2D eigenvalue weighted by atomic mass is 16.5. The number of amides is 2. The molecule has 0 saturated carbocycles. The molecule has 8 heteroatoms. The molecule has 3 N–H and O–H groups in total. The van der Waals surface area contributed by atoms with Crippen molar-refractivity contribution in [1.82, 2.24) is 15.6 Å². The van der Waals surface area contributed by atoms with Gasteiger partial charge in [-0.1, -0.05) is 36.4 Å². The smallest absolute Gasteiger partial charge is 0.258 e. The van der Waals surface area contributed by atoms with E-state index >= 15 is 0 Å². The summed E-state index contributed by atoms with van der Waals surface area (Å²) >= 11 is 0. The zero-order valence-electron chi connectivity index (χ0n) is 22.2. The number of carbonyl (C=O) groups excluding carboxylic acids is 3. The molecule has 0 aliphatic carbocycles. The molecule has 2 amide bonds. The Morgan fingerprint density at radius 1 is 0.897 bits per heavy atom.